The van der Waals surface area contributed by atoms with Crippen molar-refractivity contribution >= 4 is 27.3 Å². The molecule has 0 fully saturated rings. The number of anilines is 1. The Morgan fingerprint density at radius 1 is 1.24 bits per heavy atom. The van der Waals surface area contributed by atoms with E-state index in [0.29, 0.717) is 11.3 Å². The Morgan fingerprint density at radius 3 is 2.57 bits per heavy atom. The second kappa shape index (κ2) is 5.91. The lowest BCUT2D eigenvalue weighted by Gasteiger charge is -2.13. The molecular formula is C14H15ClN2O3S. The first-order valence-electron chi connectivity index (χ1n) is 6.13. The Hall–Kier alpha value is -1.79. The maximum Gasteiger partial charge on any atom is 0.262 e. The smallest absolute Gasteiger partial charge is 0.262 e. The van der Waals surface area contributed by atoms with Crippen molar-refractivity contribution < 1.29 is 13.2 Å². The number of hydrogen-bond acceptors (Lipinski definition) is 4. The fourth-order valence-corrected chi connectivity index (χ4v) is 3.52. The molecule has 7 heteroatoms. The SMILES string of the molecule is COc1cc(S(=O)(=O)Nc2cccnc2Cl)c(C)cc1C. The third kappa shape index (κ3) is 3.28. The van der Waals surface area contributed by atoms with E-state index in [-0.39, 0.29) is 15.7 Å². The van der Waals surface area contributed by atoms with Crippen molar-refractivity contribution in [2.45, 2.75) is 18.7 Å². The van der Waals surface area contributed by atoms with Crippen LogP contribution in [0.4, 0.5) is 5.69 Å². The van der Waals surface area contributed by atoms with Crippen molar-refractivity contribution in [3.05, 3.63) is 46.7 Å². The summed E-state index contributed by atoms with van der Waals surface area (Å²) in [5, 5.41) is 0.0952. The molecular weight excluding hydrogens is 312 g/mol. The van der Waals surface area contributed by atoms with Gasteiger partial charge in [0.25, 0.3) is 10.0 Å². The third-order valence-electron chi connectivity index (χ3n) is 2.99. The van der Waals surface area contributed by atoms with Crippen LogP contribution in [0.1, 0.15) is 11.1 Å². The van der Waals surface area contributed by atoms with Crippen LogP contribution < -0.4 is 9.46 Å². The van der Waals surface area contributed by atoms with Gasteiger partial charge in [-0.3, -0.25) is 4.72 Å². The molecule has 0 aliphatic rings. The number of hydrogen-bond donors (Lipinski definition) is 1. The summed E-state index contributed by atoms with van der Waals surface area (Å²) in [4.78, 5) is 3.98. The Balaban J connectivity index is 2.47. The van der Waals surface area contributed by atoms with Gasteiger partial charge in [0.1, 0.15) is 5.75 Å². The maximum absolute atomic E-state index is 12.5. The van der Waals surface area contributed by atoms with Gasteiger partial charge in [-0.2, -0.15) is 0 Å². The van der Waals surface area contributed by atoms with E-state index in [1.54, 1.807) is 25.1 Å². The largest absolute Gasteiger partial charge is 0.496 e. The fourth-order valence-electron chi connectivity index (χ4n) is 1.99. The molecule has 0 saturated carbocycles. The van der Waals surface area contributed by atoms with E-state index in [2.05, 4.69) is 9.71 Å². The van der Waals surface area contributed by atoms with Gasteiger partial charge < -0.3 is 4.74 Å². The van der Waals surface area contributed by atoms with Crippen LogP contribution in [-0.4, -0.2) is 20.5 Å². The van der Waals surface area contributed by atoms with Gasteiger partial charge in [-0.15, -0.1) is 0 Å². The van der Waals surface area contributed by atoms with Crippen LogP contribution in [0.15, 0.2) is 35.4 Å². The molecule has 2 aromatic rings. The van der Waals surface area contributed by atoms with Gasteiger partial charge in [-0.1, -0.05) is 17.7 Å². The first-order valence-corrected chi connectivity index (χ1v) is 8.00. The molecule has 5 nitrogen and oxygen atoms in total. The van der Waals surface area contributed by atoms with Crippen LogP contribution in [0, 0.1) is 13.8 Å². The minimum Gasteiger partial charge on any atom is -0.496 e. The molecule has 0 unspecified atom stereocenters. The van der Waals surface area contributed by atoms with Gasteiger partial charge in [0.05, 0.1) is 17.7 Å². The van der Waals surface area contributed by atoms with Crippen molar-refractivity contribution in [2.24, 2.45) is 0 Å². The molecule has 1 aromatic carbocycles. The topological polar surface area (TPSA) is 68.3 Å². The second-order valence-corrected chi connectivity index (χ2v) is 6.54. The van der Waals surface area contributed by atoms with E-state index in [0.717, 1.165) is 5.56 Å². The minimum absolute atomic E-state index is 0.0952. The van der Waals surface area contributed by atoms with Crippen LogP contribution in [0.2, 0.25) is 5.15 Å². The molecule has 21 heavy (non-hydrogen) atoms. The zero-order chi connectivity index (χ0) is 15.6. The molecule has 0 spiro atoms. The Morgan fingerprint density at radius 2 is 1.95 bits per heavy atom. The van der Waals surface area contributed by atoms with Crippen LogP contribution in [0.5, 0.6) is 5.75 Å². The van der Waals surface area contributed by atoms with Crippen LogP contribution in [-0.2, 0) is 10.0 Å². The van der Waals surface area contributed by atoms with Crippen LogP contribution in [0.25, 0.3) is 0 Å². The molecule has 0 amide bonds. The highest BCUT2D eigenvalue weighted by atomic mass is 35.5. The number of methoxy groups -OCH3 is 1. The highest BCUT2D eigenvalue weighted by Crippen LogP contribution is 2.28. The van der Waals surface area contributed by atoms with E-state index in [1.165, 1.54) is 19.4 Å². The Kier molecular flexibility index (Phi) is 4.39. The van der Waals surface area contributed by atoms with E-state index in [9.17, 15) is 8.42 Å². The van der Waals surface area contributed by atoms with E-state index >= 15 is 0 Å². The quantitative estimate of drug-likeness (QED) is 0.876. The molecule has 1 aromatic heterocycles. The predicted molar refractivity (Wildman–Crippen MR) is 82.5 cm³/mol. The summed E-state index contributed by atoms with van der Waals surface area (Å²) in [6, 6.07) is 6.41. The van der Waals surface area contributed by atoms with Crippen molar-refractivity contribution in [3.8, 4) is 5.75 Å². The lowest BCUT2D eigenvalue weighted by atomic mass is 10.1. The lowest BCUT2D eigenvalue weighted by molar-refractivity contribution is 0.410. The van der Waals surface area contributed by atoms with Crippen molar-refractivity contribution in [1.29, 1.82) is 0 Å². The third-order valence-corrected chi connectivity index (χ3v) is 4.79. The number of halogens is 1. The molecule has 1 heterocycles. The number of ether oxygens (including phenoxy) is 1. The highest BCUT2D eigenvalue weighted by molar-refractivity contribution is 7.92. The van der Waals surface area contributed by atoms with Gasteiger partial charge >= 0.3 is 0 Å². The average molecular weight is 327 g/mol. The summed E-state index contributed by atoms with van der Waals surface area (Å²) in [6.45, 7) is 3.58. The Labute approximate surface area is 129 Å². The number of aromatic nitrogens is 1. The highest BCUT2D eigenvalue weighted by Gasteiger charge is 2.20. The summed E-state index contributed by atoms with van der Waals surface area (Å²) in [5.74, 6) is 0.512. The van der Waals surface area contributed by atoms with Gasteiger partial charge in [-0.05, 0) is 37.1 Å². The summed E-state index contributed by atoms with van der Waals surface area (Å²) in [6.07, 6.45) is 1.49. The zero-order valence-electron chi connectivity index (χ0n) is 11.8. The van der Waals surface area contributed by atoms with Crippen molar-refractivity contribution in [1.82, 2.24) is 4.98 Å². The van der Waals surface area contributed by atoms with Crippen LogP contribution >= 0.6 is 11.6 Å². The molecule has 0 atom stereocenters. The number of benzene rings is 1. The summed E-state index contributed by atoms with van der Waals surface area (Å²) >= 11 is 5.88. The van der Waals surface area contributed by atoms with Gasteiger partial charge in [0, 0.05) is 12.3 Å². The Bertz CT molecular complexity index is 776. The number of sulfonamides is 1. The number of nitrogens with one attached hydrogen (secondary N) is 1. The summed E-state index contributed by atoms with van der Waals surface area (Å²) in [5.41, 5.74) is 1.73. The van der Waals surface area contributed by atoms with E-state index < -0.39 is 10.0 Å². The number of rotatable bonds is 4. The van der Waals surface area contributed by atoms with Gasteiger partial charge in [0.2, 0.25) is 0 Å². The fraction of sp³-hybridized carbons (Fsp3) is 0.214. The standard InChI is InChI=1S/C14H15ClN2O3S/c1-9-7-10(2)13(8-12(9)20-3)21(18,19)17-11-5-4-6-16-14(11)15/h4-8,17H,1-3H3. The average Bonchev–Trinajstić information content (AvgIpc) is 2.41. The van der Waals surface area contributed by atoms with E-state index in [1.807, 2.05) is 6.92 Å². The van der Waals surface area contributed by atoms with Gasteiger partial charge in [-0.25, -0.2) is 13.4 Å². The number of aryl methyl sites for hydroxylation is 2. The monoisotopic (exact) mass is 326 g/mol. The first kappa shape index (κ1) is 15.6. The second-order valence-electron chi connectivity index (χ2n) is 4.53. The normalized spacial score (nSPS) is 11.2. The number of pyridine rings is 1. The minimum atomic E-state index is -3.77. The molecule has 1 N–H and O–H groups in total. The van der Waals surface area contributed by atoms with Crippen molar-refractivity contribution in [2.75, 3.05) is 11.8 Å². The molecule has 112 valence electrons. The number of nitrogens with zero attached hydrogens (tertiary/aromatic N) is 1. The molecule has 2 rings (SSSR count). The van der Waals surface area contributed by atoms with E-state index in [4.69, 9.17) is 16.3 Å². The van der Waals surface area contributed by atoms with Crippen LogP contribution in [0.3, 0.4) is 0 Å². The molecule has 0 aliphatic heterocycles. The molecule has 0 saturated heterocycles. The predicted octanol–water partition coefficient (Wildman–Crippen LogP) is 3.16. The van der Waals surface area contributed by atoms with Crippen molar-refractivity contribution in [3.63, 3.8) is 0 Å². The summed E-state index contributed by atoms with van der Waals surface area (Å²) < 4.78 is 32.6. The van der Waals surface area contributed by atoms with Gasteiger partial charge in [0.15, 0.2) is 5.15 Å². The zero-order valence-corrected chi connectivity index (χ0v) is 13.4. The molecule has 0 aliphatic carbocycles. The summed E-state index contributed by atoms with van der Waals surface area (Å²) in [7, 11) is -2.27. The molecule has 0 bridgehead atoms. The lowest BCUT2D eigenvalue weighted by Crippen LogP contribution is -2.15. The maximum atomic E-state index is 12.5. The molecule has 0 radical (unpaired) electrons. The first-order chi connectivity index (χ1) is 9.85.